The molecule has 2 N–H and O–H groups in total. The number of nitrogens with zero attached hydrogens (tertiary/aromatic N) is 3. The highest BCUT2D eigenvalue weighted by atomic mass is 16.5. The van der Waals surface area contributed by atoms with Gasteiger partial charge in [0.15, 0.2) is 0 Å². The molecule has 1 aliphatic heterocycles. The van der Waals surface area contributed by atoms with Crippen molar-refractivity contribution >= 4 is 17.5 Å². The maximum Gasteiger partial charge on any atom is 0.227 e. The Balaban J connectivity index is 1.58. The van der Waals surface area contributed by atoms with Crippen molar-refractivity contribution in [3.63, 3.8) is 0 Å². The molecule has 2 aromatic rings. The van der Waals surface area contributed by atoms with Crippen molar-refractivity contribution in [2.45, 2.75) is 51.8 Å². The van der Waals surface area contributed by atoms with Gasteiger partial charge >= 0.3 is 0 Å². The lowest BCUT2D eigenvalue weighted by Crippen LogP contribution is -2.47. The van der Waals surface area contributed by atoms with Crippen LogP contribution in [0.15, 0.2) is 42.7 Å². The van der Waals surface area contributed by atoms with Crippen LogP contribution >= 0.6 is 0 Å². The van der Waals surface area contributed by atoms with Crippen LogP contribution in [0, 0.1) is 11.8 Å². The Morgan fingerprint density at radius 1 is 1.29 bits per heavy atom. The lowest BCUT2D eigenvalue weighted by molar-refractivity contribution is -0.134. The molecular formula is C27H36N4O4. The molecule has 3 atom stereocenters. The van der Waals surface area contributed by atoms with Crippen molar-refractivity contribution in [3.8, 4) is 5.75 Å². The minimum atomic E-state index is -0.292. The third-order valence-electron chi connectivity index (χ3n) is 6.83. The number of fused-ring (bicyclic) bond motifs is 1. The van der Waals surface area contributed by atoms with Gasteiger partial charge in [0, 0.05) is 55.1 Å². The van der Waals surface area contributed by atoms with Crippen LogP contribution in [0.4, 0.5) is 5.69 Å². The molecule has 35 heavy (non-hydrogen) atoms. The number of aliphatic hydroxyl groups is 1. The van der Waals surface area contributed by atoms with Gasteiger partial charge in [-0.25, -0.2) is 0 Å². The number of rotatable bonds is 8. The van der Waals surface area contributed by atoms with Gasteiger partial charge in [-0.3, -0.25) is 19.5 Å². The second-order valence-corrected chi connectivity index (χ2v) is 10.0. The quantitative estimate of drug-likeness (QED) is 0.603. The van der Waals surface area contributed by atoms with E-state index in [0.717, 1.165) is 24.9 Å². The van der Waals surface area contributed by atoms with E-state index in [1.54, 1.807) is 17.3 Å². The molecule has 0 radical (unpaired) electrons. The second kappa shape index (κ2) is 11.2. The van der Waals surface area contributed by atoms with E-state index in [1.807, 2.05) is 37.3 Å². The molecule has 188 valence electrons. The van der Waals surface area contributed by atoms with Gasteiger partial charge in [0.25, 0.3) is 0 Å². The van der Waals surface area contributed by atoms with E-state index < -0.39 is 0 Å². The molecule has 0 saturated heterocycles. The number of carbonyl (C=O) groups excluding carboxylic acids is 2. The molecule has 2 amide bonds. The molecule has 1 aliphatic carbocycles. The van der Waals surface area contributed by atoms with Crippen molar-refractivity contribution in [3.05, 3.63) is 53.9 Å². The molecule has 1 saturated carbocycles. The van der Waals surface area contributed by atoms with E-state index >= 15 is 0 Å². The Hall–Kier alpha value is -2.97. The zero-order valence-electron chi connectivity index (χ0n) is 20.8. The Labute approximate surface area is 207 Å². The molecule has 2 aliphatic rings. The van der Waals surface area contributed by atoms with Gasteiger partial charge in [-0.05, 0) is 62.7 Å². The highest BCUT2D eigenvalue weighted by Gasteiger charge is 2.32. The fraction of sp³-hybridized carbons (Fsp3) is 0.519. The van der Waals surface area contributed by atoms with Gasteiger partial charge in [0.2, 0.25) is 11.8 Å². The summed E-state index contributed by atoms with van der Waals surface area (Å²) in [5.41, 5.74) is 2.59. The zero-order chi connectivity index (χ0) is 24.9. The van der Waals surface area contributed by atoms with Crippen molar-refractivity contribution in [2.24, 2.45) is 11.8 Å². The van der Waals surface area contributed by atoms with E-state index in [-0.39, 0.29) is 48.8 Å². The van der Waals surface area contributed by atoms with E-state index in [1.165, 1.54) is 5.56 Å². The molecule has 2 heterocycles. The van der Waals surface area contributed by atoms with Gasteiger partial charge in [0.1, 0.15) is 11.9 Å². The average molecular weight is 481 g/mol. The van der Waals surface area contributed by atoms with Crippen LogP contribution in [0.5, 0.6) is 5.75 Å². The molecule has 8 heteroatoms. The first-order valence-corrected chi connectivity index (χ1v) is 12.4. The summed E-state index contributed by atoms with van der Waals surface area (Å²) in [5, 5.41) is 12.8. The first kappa shape index (κ1) is 25.1. The van der Waals surface area contributed by atoms with Gasteiger partial charge in [-0.2, -0.15) is 0 Å². The van der Waals surface area contributed by atoms with Crippen LogP contribution in [0.2, 0.25) is 0 Å². The fourth-order valence-electron chi connectivity index (χ4n) is 4.49. The minimum absolute atomic E-state index is 0.0278. The first-order chi connectivity index (χ1) is 16.8. The summed E-state index contributed by atoms with van der Waals surface area (Å²) >= 11 is 0. The van der Waals surface area contributed by atoms with Crippen LogP contribution in [0.25, 0.3) is 0 Å². The number of nitrogens with one attached hydrogen (secondary N) is 1. The second-order valence-electron chi connectivity index (χ2n) is 10.0. The van der Waals surface area contributed by atoms with Crippen LogP contribution in [-0.2, 0) is 22.6 Å². The van der Waals surface area contributed by atoms with Crippen molar-refractivity contribution in [1.29, 1.82) is 0 Å². The average Bonchev–Trinajstić information content (AvgIpc) is 3.68. The summed E-state index contributed by atoms with van der Waals surface area (Å²) in [6.45, 7) is 5.76. The monoisotopic (exact) mass is 480 g/mol. The highest BCUT2D eigenvalue weighted by Crippen LogP contribution is 2.32. The molecule has 1 aromatic carbocycles. The van der Waals surface area contributed by atoms with Crippen LogP contribution < -0.4 is 10.1 Å². The molecule has 1 unspecified atom stereocenters. The zero-order valence-corrected chi connectivity index (χ0v) is 20.8. The fourth-order valence-corrected chi connectivity index (χ4v) is 4.49. The summed E-state index contributed by atoms with van der Waals surface area (Å²) in [5.74, 6) is 0.767. The number of likely N-dealkylation sites (N-methyl/N-ethyl adjacent to an activating group) is 1. The molecule has 8 nitrogen and oxygen atoms in total. The number of hydrogen-bond acceptors (Lipinski definition) is 6. The molecular weight excluding hydrogens is 444 g/mol. The third-order valence-corrected chi connectivity index (χ3v) is 6.83. The van der Waals surface area contributed by atoms with E-state index in [0.29, 0.717) is 24.5 Å². The van der Waals surface area contributed by atoms with Crippen molar-refractivity contribution < 1.29 is 19.4 Å². The normalized spacial score (nSPS) is 21.4. The molecule has 0 bridgehead atoms. The number of benzene rings is 1. The van der Waals surface area contributed by atoms with Crippen molar-refractivity contribution in [2.75, 3.05) is 32.1 Å². The van der Waals surface area contributed by atoms with Crippen LogP contribution in [-0.4, -0.2) is 70.6 Å². The van der Waals surface area contributed by atoms with Gasteiger partial charge in [-0.1, -0.05) is 6.92 Å². The Bertz CT molecular complexity index is 1030. The van der Waals surface area contributed by atoms with Gasteiger partial charge in [0.05, 0.1) is 19.1 Å². The SMILES string of the molecule is CC(CO)N1C[C@@H](C)[C@H](CN(C)Cc2ccncc2)Oc2ccc(NC(=O)C3CC3)cc2CC1=O. The van der Waals surface area contributed by atoms with Gasteiger partial charge in [-0.15, -0.1) is 0 Å². The smallest absolute Gasteiger partial charge is 0.227 e. The molecule has 1 fully saturated rings. The van der Waals surface area contributed by atoms with Crippen LogP contribution in [0.3, 0.4) is 0 Å². The number of pyridine rings is 1. The summed E-state index contributed by atoms with van der Waals surface area (Å²) in [6, 6.07) is 9.26. The number of carbonyl (C=O) groups is 2. The number of amides is 2. The number of ether oxygens (including phenoxy) is 1. The molecule has 4 rings (SSSR count). The summed E-state index contributed by atoms with van der Waals surface area (Å²) in [4.78, 5) is 33.6. The lowest BCUT2D eigenvalue weighted by Gasteiger charge is -2.34. The number of aliphatic hydroxyl groups excluding tert-OH is 1. The van der Waals surface area contributed by atoms with Crippen LogP contribution in [0.1, 0.15) is 37.8 Å². The largest absolute Gasteiger partial charge is 0.488 e. The predicted octanol–water partition coefficient (Wildman–Crippen LogP) is 2.71. The number of hydrogen-bond donors (Lipinski definition) is 2. The molecule has 1 aromatic heterocycles. The number of anilines is 1. The van der Waals surface area contributed by atoms with E-state index in [2.05, 4.69) is 29.2 Å². The Morgan fingerprint density at radius 2 is 2.03 bits per heavy atom. The van der Waals surface area contributed by atoms with E-state index in [9.17, 15) is 14.7 Å². The summed E-state index contributed by atoms with van der Waals surface area (Å²) in [7, 11) is 2.06. The summed E-state index contributed by atoms with van der Waals surface area (Å²) < 4.78 is 6.56. The summed E-state index contributed by atoms with van der Waals surface area (Å²) in [6.07, 6.45) is 5.42. The van der Waals surface area contributed by atoms with Gasteiger partial charge < -0.3 is 20.1 Å². The van der Waals surface area contributed by atoms with Crippen molar-refractivity contribution in [1.82, 2.24) is 14.8 Å². The molecule has 0 spiro atoms. The standard InChI is InChI=1S/C27H36N4O4/c1-18-14-31(19(2)17-32)26(33)13-22-12-23(29-27(34)21-4-5-21)6-7-24(22)35-25(18)16-30(3)15-20-8-10-28-11-9-20/h6-12,18-19,21,25,32H,4-5,13-17H2,1-3H3,(H,29,34)/t18-,19?,25+/m1/s1. The van der Waals surface area contributed by atoms with E-state index in [4.69, 9.17) is 4.74 Å². The Kier molecular flexibility index (Phi) is 8.03. The third kappa shape index (κ3) is 6.58. The number of aromatic nitrogens is 1. The predicted molar refractivity (Wildman–Crippen MR) is 134 cm³/mol. The lowest BCUT2D eigenvalue weighted by atomic mass is 10.0. The highest BCUT2D eigenvalue weighted by molar-refractivity contribution is 5.94. The maximum atomic E-state index is 13.3. The first-order valence-electron chi connectivity index (χ1n) is 12.4. The maximum absolute atomic E-state index is 13.3. The minimum Gasteiger partial charge on any atom is -0.488 e. The Morgan fingerprint density at radius 3 is 2.71 bits per heavy atom. The topological polar surface area (TPSA) is 95.0 Å².